The van der Waals surface area contributed by atoms with E-state index < -0.39 is 5.41 Å². The minimum atomic E-state index is -0.578. The first kappa shape index (κ1) is 39.9. The summed E-state index contributed by atoms with van der Waals surface area (Å²) in [5.74, 6) is 1.33. The maximum atomic E-state index is 2.53. The lowest BCUT2D eigenvalue weighted by molar-refractivity contribution is 0.443. The highest BCUT2D eigenvalue weighted by molar-refractivity contribution is 6.09. The van der Waals surface area contributed by atoms with Crippen molar-refractivity contribution in [2.45, 2.75) is 95.3 Å². The van der Waals surface area contributed by atoms with Gasteiger partial charge in [0, 0.05) is 33.5 Å². The average molecular weight is 843 g/mol. The Kier molecular flexibility index (Phi) is 10.1. The maximum Gasteiger partial charge on any atom is 0.0715 e. The molecule has 1 heterocycles. The molecule has 2 heteroatoms. The first-order valence-corrected chi connectivity index (χ1v) is 24.5. The molecule has 0 atom stereocenters. The molecule has 0 saturated heterocycles. The Balaban J connectivity index is 1.07. The Morgan fingerprint density at radius 1 is 0.415 bits per heavy atom. The molecule has 9 aromatic rings. The van der Waals surface area contributed by atoms with E-state index in [0.717, 1.165) is 0 Å². The number of aromatic nitrogens is 1. The molecule has 0 bridgehead atoms. The summed E-state index contributed by atoms with van der Waals surface area (Å²) < 4.78 is 2.51. The third kappa shape index (κ3) is 6.75. The summed E-state index contributed by atoms with van der Waals surface area (Å²) in [5, 5.41) is 2.57. The van der Waals surface area contributed by atoms with Crippen molar-refractivity contribution < 1.29 is 0 Å². The highest BCUT2D eigenvalue weighted by Gasteiger charge is 2.47. The van der Waals surface area contributed by atoms with Crippen molar-refractivity contribution in [1.29, 1.82) is 0 Å². The van der Waals surface area contributed by atoms with Crippen LogP contribution < -0.4 is 4.90 Å². The third-order valence-corrected chi connectivity index (χ3v) is 15.6. The van der Waals surface area contributed by atoms with E-state index in [4.69, 9.17) is 0 Å². The van der Waals surface area contributed by atoms with Crippen molar-refractivity contribution >= 4 is 38.9 Å². The van der Waals surface area contributed by atoms with Crippen LogP contribution in [0.1, 0.15) is 121 Å². The summed E-state index contributed by atoms with van der Waals surface area (Å²) >= 11 is 0. The molecule has 0 aliphatic heterocycles. The molecule has 0 unspecified atom stereocenters. The molecule has 320 valence electrons. The summed E-state index contributed by atoms with van der Waals surface area (Å²) in [7, 11) is 0. The van der Waals surface area contributed by atoms with Crippen LogP contribution >= 0.6 is 0 Å². The Bertz CT molecular complexity index is 3000. The Hall–Kier alpha value is -6.64. The zero-order chi connectivity index (χ0) is 43.5. The molecule has 3 aliphatic rings. The predicted octanol–water partition coefficient (Wildman–Crippen LogP) is 17.3. The number of nitrogens with zero attached hydrogens (tertiary/aromatic N) is 2. The summed E-state index contributed by atoms with van der Waals surface area (Å²) in [6, 6.07) is 70.3. The number of benzene rings is 8. The van der Waals surface area contributed by atoms with Gasteiger partial charge in [0.25, 0.3) is 0 Å². The summed E-state index contributed by atoms with van der Waals surface area (Å²) in [6.45, 7) is 4.41. The van der Waals surface area contributed by atoms with Gasteiger partial charge in [0.15, 0.2) is 0 Å². The summed E-state index contributed by atoms with van der Waals surface area (Å²) in [5.41, 5.74) is 19.9. The average Bonchev–Trinajstić information content (AvgIpc) is 3.84. The SMILES string of the molecule is Cc1ccc2c3ccc(C)cc3n(-c3ccc4c(c3)C(c3ccccc3)(c3ccccc3)c3cc(N(c5ccc(C6CCCCC6)cc5)c5ccc(C6CCCCC6)cc5)ccc3-4)c2c1. The van der Waals surface area contributed by atoms with Gasteiger partial charge in [-0.3, -0.25) is 0 Å². The molecule has 8 aromatic carbocycles. The van der Waals surface area contributed by atoms with Gasteiger partial charge in [-0.25, -0.2) is 0 Å². The minimum absolute atomic E-state index is 0.578. The zero-order valence-corrected chi connectivity index (χ0v) is 37.9. The fraction of sp³-hybridized carbons (Fsp3) is 0.238. The quantitative estimate of drug-likeness (QED) is 0.148. The molecular weight excluding hydrogens is 785 g/mol. The lowest BCUT2D eigenvalue weighted by Gasteiger charge is -2.35. The van der Waals surface area contributed by atoms with Crippen LogP contribution in [-0.2, 0) is 5.41 Å². The Morgan fingerprint density at radius 2 is 0.862 bits per heavy atom. The second-order valence-electron chi connectivity index (χ2n) is 19.5. The summed E-state index contributed by atoms with van der Waals surface area (Å²) in [4.78, 5) is 2.52. The normalized spacial score (nSPS) is 16.2. The van der Waals surface area contributed by atoms with Gasteiger partial charge in [0.05, 0.1) is 16.4 Å². The zero-order valence-electron chi connectivity index (χ0n) is 37.9. The van der Waals surface area contributed by atoms with Crippen molar-refractivity contribution in [1.82, 2.24) is 4.57 Å². The van der Waals surface area contributed by atoms with Crippen LogP contribution in [0.4, 0.5) is 17.1 Å². The van der Waals surface area contributed by atoms with E-state index in [1.54, 1.807) is 0 Å². The first-order valence-electron chi connectivity index (χ1n) is 24.5. The fourth-order valence-corrected chi connectivity index (χ4v) is 12.4. The van der Waals surface area contributed by atoms with Gasteiger partial charge in [-0.15, -0.1) is 0 Å². The van der Waals surface area contributed by atoms with Gasteiger partial charge in [0.2, 0.25) is 0 Å². The topological polar surface area (TPSA) is 8.17 Å². The second kappa shape index (κ2) is 16.4. The van der Waals surface area contributed by atoms with Crippen molar-refractivity contribution in [3.05, 3.63) is 226 Å². The molecule has 2 nitrogen and oxygen atoms in total. The van der Waals surface area contributed by atoms with E-state index in [1.165, 1.54) is 164 Å². The number of rotatable bonds is 8. The van der Waals surface area contributed by atoms with Crippen LogP contribution in [0.15, 0.2) is 182 Å². The van der Waals surface area contributed by atoms with Crippen molar-refractivity contribution in [3.63, 3.8) is 0 Å². The molecule has 0 radical (unpaired) electrons. The van der Waals surface area contributed by atoms with Gasteiger partial charge in [-0.05, 0) is 168 Å². The predicted molar refractivity (Wildman–Crippen MR) is 274 cm³/mol. The minimum Gasteiger partial charge on any atom is -0.310 e. The van der Waals surface area contributed by atoms with Gasteiger partial charge in [-0.2, -0.15) is 0 Å². The molecule has 0 N–H and O–H groups in total. The van der Waals surface area contributed by atoms with E-state index in [2.05, 4.69) is 205 Å². The van der Waals surface area contributed by atoms with E-state index in [9.17, 15) is 0 Å². The molecule has 65 heavy (non-hydrogen) atoms. The van der Waals surface area contributed by atoms with Crippen LogP contribution in [0.25, 0.3) is 38.6 Å². The van der Waals surface area contributed by atoms with Crippen LogP contribution in [0.5, 0.6) is 0 Å². The van der Waals surface area contributed by atoms with E-state index in [-0.39, 0.29) is 0 Å². The monoisotopic (exact) mass is 842 g/mol. The lowest BCUT2D eigenvalue weighted by atomic mass is 9.67. The van der Waals surface area contributed by atoms with Crippen LogP contribution in [0, 0.1) is 13.8 Å². The van der Waals surface area contributed by atoms with E-state index >= 15 is 0 Å². The highest BCUT2D eigenvalue weighted by Crippen LogP contribution is 2.58. The Morgan fingerprint density at radius 3 is 1.35 bits per heavy atom. The van der Waals surface area contributed by atoms with Crippen molar-refractivity contribution in [2.24, 2.45) is 0 Å². The molecule has 0 amide bonds. The summed E-state index contributed by atoms with van der Waals surface area (Å²) in [6.07, 6.45) is 13.3. The van der Waals surface area contributed by atoms with Gasteiger partial charge >= 0.3 is 0 Å². The molecule has 12 rings (SSSR count). The fourth-order valence-electron chi connectivity index (χ4n) is 12.4. The van der Waals surface area contributed by atoms with Crippen LogP contribution in [0.3, 0.4) is 0 Å². The van der Waals surface area contributed by atoms with E-state index in [1.807, 2.05) is 0 Å². The number of fused-ring (bicyclic) bond motifs is 6. The highest BCUT2D eigenvalue weighted by atomic mass is 15.1. The molecule has 1 aromatic heterocycles. The molecule has 2 fully saturated rings. The molecule has 2 saturated carbocycles. The maximum absolute atomic E-state index is 2.53. The van der Waals surface area contributed by atoms with Crippen molar-refractivity contribution in [2.75, 3.05) is 4.90 Å². The van der Waals surface area contributed by atoms with Crippen molar-refractivity contribution in [3.8, 4) is 16.8 Å². The molecular formula is C63H58N2. The number of hydrogen-bond donors (Lipinski definition) is 0. The molecule has 3 aliphatic carbocycles. The lowest BCUT2D eigenvalue weighted by Crippen LogP contribution is -2.29. The second-order valence-corrected chi connectivity index (χ2v) is 19.5. The number of aryl methyl sites for hydroxylation is 2. The first-order chi connectivity index (χ1) is 32.0. The van der Waals surface area contributed by atoms with Gasteiger partial charge in [-0.1, -0.05) is 160 Å². The smallest absolute Gasteiger partial charge is 0.0715 e. The number of anilines is 3. The third-order valence-electron chi connectivity index (χ3n) is 15.6. The molecule has 0 spiro atoms. The largest absolute Gasteiger partial charge is 0.310 e. The van der Waals surface area contributed by atoms with Crippen LogP contribution in [0.2, 0.25) is 0 Å². The number of hydrogen-bond acceptors (Lipinski definition) is 1. The van der Waals surface area contributed by atoms with E-state index in [0.29, 0.717) is 11.8 Å². The Labute approximate surface area is 385 Å². The standard InChI is InChI=1S/C63H58N2/c1-43-23-35-57-58-36-24-44(2)40-62(58)65(61(57)39-43)54-34-38-56-55-37-33-53(41-59(55)63(60(56)42-54,49-19-11-5-12-20-49)50-21-13-6-14-22-50)64(51-29-25-47(26-30-51)45-15-7-3-8-16-45)52-31-27-48(28-32-52)46-17-9-4-10-18-46/h5-6,11-14,19-42,45-46H,3-4,7-10,15-18H2,1-2H3. The van der Waals surface area contributed by atoms with Gasteiger partial charge in [0.1, 0.15) is 0 Å². The van der Waals surface area contributed by atoms with Gasteiger partial charge < -0.3 is 9.47 Å². The van der Waals surface area contributed by atoms with Crippen LogP contribution in [-0.4, -0.2) is 4.57 Å².